The van der Waals surface area contributed by atoms with Crippen LogP contribution in [0.3, 0.4) is 0 Å². The lowest BCUT2D eigenvalue weighted by atomic mass is 9.99. The maximum absolute atomic E-state index is 12.7. The van der Waals surface area contributed by atoms with Gasteiger partial charge in [-0.2, -0.15) is 0 Å². The van der Waals surface area contributed by atoms with Gasteiger partial charge < -0.3 is 10.1 Å². The molecular weight excluding hydrogens is 300 g/mol. The van der Waals surface area contributed by atoms with E-state index in [2.05, 4.69) is 34.5 Å². The van der Waals surface area contributed by atoms with Crippen LogP contribution < -0.4 is 10.1 Å². The Balaban J connectivity index is 1.45. The summed E-state index contributed by atoms with van der Waals surface area (Å²) in [4.78, 5) is 14.9. The van der Waals surface area contributed by atoms with Crippen LogP contribution in [0.2, 0.25) is 0 Å². The van der Waals surface area contributed by atoms with Gasteiger partial charge in [0.15, 0.2) is 5.78 Å². The molecule has 0 radical (unpaired) electrons. The molecule has 0 saturated heterocycles. The molecule has 4 heteroatoms. The maximum Gasteiger partial charge on any atom is 0.176 e. The second-order valence-corrected chi connectivity index (χ2v) is 6.67. The summed E-state index contributed by atoms with van der Waals surface area (Å²) in [5, 5.41) is 3.33. The monoisotopic (exact) mass is 322 g/mol. The first-order chi connectivity index (χ1) is 11.7. The highest BCUT2D eigenvalue weighted by molar-refractivity contribution is 5.98. The molecule has 124 valence electrons. The van der Waals surface area contributed by atoms with E-state index < -0.39 is 0 Å². The first-order valence-electron chi connectivity index (χ1n) is 8.56. The average molecular weight is 322 g/mol. The van der Waals surface area contributed by atoms with Crippen molar-refractivity contribution in [1.29, 1.82) is 0 Å². The third-order valence-electron chi connectivity index (χ3n) is 4.79. The summed E-state index contributed by atoms with van der Waals surface area (Å²) in [6.07, 6.45) is 1.17. The van der Waals surface area contributed by atoms with E-state index in [-0.39, 0.29) is 11.9 Å². The van der Waals surface area contributed by atoms with Gasteiger partial charge in [0.25, 0.3) is 0 Å². The van der Waals surface area contributed by atoms with E-state index in [0.717, 1.165) is 43.1 Å². The van der Waals surface area contributed by atoms with E-state index in [1.165, 1.54) is 11.1 Å². The summed E-state index contributed by atoms with van der Waals surface area (Å²) in [6.45, 7) is 5.05. The standard InChI is InChI=1S/C20H22N2O2/c1-14-11-21-18-10-16(6-7-20(18)24-14)19(23)13-22-9-8-15-4-2-3-5-17(15)12-22/h2-7,10,14,21H,8-9,11-13H2,1H3. The van der Waals surface area contributed by atoms with Crippen molar-refractivity contribution in [3.8, 4) is 5.75 Å². The number of nitrogens with zero attached hydrogens (tertiary/aromatic N) is 1. The van der Waals surface area contributed by atoms with Crippen LogP contribution in [-0.2, 0) is 13.0 Å². The van der Waals surface area contributed by atoms with E-state index in [1.54, 1.807) is 0 Å². The quantitative estimate of drug-likeness (QED) is 0.882. The van der Waals surface area contributed by atoms with Gasteiger partial charge in [-0.3, -0.25) is 9.69 Å². The molecule has 0 spiro atoms. The zero-order valence-corrected chi connectivity index (χ0v) is 13.9. The predicted octanol–water partition coefficient (Wildman–Crippen LogP) is 3.12. The van der Waals surface area contributed by atoms with Gasteiger partial charge >= 0.3 is 0 Å². The summed E-state index contributed by atoms with van der Waals surface area (Å²) >= 11 is 0. The van der Waals surface area contributed by atoms with Crippen LogP contribution in [0.15, 0.2) is 42.5 Å². The van der Waals surface area contributed by atoms with E-state index in [9.17, 15) is 4.79 Å². The highest BCUT2D eigenvalue weighted by atomic mass is 16.5. The SMILES string of the molecule is CC1CNc2cc(C(=O)CN3CCc4ccccc4C3)ccc2O1. The lowest BCUT2D eigenvalue weighted by Gasteiger charge is -2.28. The van der Waals surface area contributed by atoms with Gasteiger partial charge in [-0.15, -0.1) is 0 Å². The largest absolute Gasteiger partial charge is 0.487 e. The first-order valence-corrected chi connectivity index (χ1v) is 8.56. The maximum atomic E-state index is 12.7. The number of benzene rings is 2. The fraction of sp³-hybridized carbons (Fsp3) is 0.350. The molecule has 0 aliphatic carbocycles. The minimum atomic E-state index is 0.160. The molecule has 2 aliphatic rings. The van der Waals surface area contributed by atoms with Crippen molar-refractivity contribution in [2.75, 3.05) is 25.0 Å². The Morgan fingerprint density at radius 3 is 2.96 bits per heavy atom. The fourth-order valence-corrected chi connectivity index (χ4v) is 3.44. The van der Waals surface area contributed by atoms with E-state index >= 15 is 0 Å². The molecule has 2 aromatic carbocycles. The highest BCUT2D eigenvalue weighted by Crippen LogP contribution is 2.30. The third-order valence-corrected chi connectivity index (χ3v) is 4.79. The number of rotatable bonds is 3. The lowest BCUT2D eigenvalue weighted by Crippen LogP contribution is -2.35. The van der Waals surface area contributed by atoms with Gasteiger partial charge in [0, 0.05) is 18.7 Å². The highest BCUT2D eigenvalue weighted by Gasteiger charge is 2.21. The van der Waals surface area contributed by atoms with E-state index in [1.807, 2.05) is 25.1 Å². The number of Topliss-reactive ketones (excluding diaryl/α,β-unsaturated/α-hetero) is 1. The fourth-order valence-electron chi connectivity index (χ4n) is 3.44. The molecule has 1 N–H and O–H groups in total. The number of carbonyl (C=O) groups is 1. The molecule has 0 amide bonds. The third kappa shape index (κ3) is 3.02. The molecular formula is C20H22N2O2. The summed E-state index contributed by atoms with van der Waals surface area (Å²) in [7, 11) is 0. The predicted molar refractivity (Wildman–Crippen MR) is 94.8 cm³/mol. The number of carbonyl (C=O) groups excluding carboxylic acids is 1. The summed E-state index contributed by atoms with van der Waals surface area (Å²) in [5.74, 6) is 0.995. The second-order valence-electron chi connectivity index (χ2n) is 6.67. The van der Waals surface area contributed by atoms with Crippen molar-refractivity contribution in [2.24, 2.45) is 0 Å². The Bertz CT molecular complexity index is 772. The zero-order valence-electron chi connectivity index (χ0n) is 13.9. The smallest absolute Gasteiger partial charge is 0.176 e. The Hall–Kier alpha value is -2.33. The molecule has 1 unspecified atom stereocenters. The summed E-state index contributed by atoms with van der Waals surface area (Å²) < 4.78 is 5.77. The van der Waals surface area contributed by atoms with Gasteiger partial charge in [0.1, 0.15) is 11.9 Å². The average Bonchev–Trinajstić information content (AvgIpc) is 2.61. The van der Waals surface area contributed by atoms with Crippen molar-refractivity contribution < 1.29 is 9.53 Å². The normalized spacial score (nSPS) is 19.6. The van der Waals surface area contributed by atoms with Gasteiger partial charge in [-0.1, -0.05) is 24.3 Å². The molecule has 2 heterocycles. The molecule has 0 aromatic heterocycles. The Kier molecular flexibility index (Phi) is 3.98. The molecule has 1 atom stereocenters. The number of anilines is 1. The van der Waals surface area contributed by atoms with E-state index in [0.29, 0.717) is 6.54 Å². The van der Waals surface area contributed by atoms with Gasteiger partial charge in [0.05, 0.1) is 18.8 Å². The summed E-state index contributed by atoms with van der Waals surface area (Å²) in [5.41, 5.74) is 4.41. The van der Waals surface area contributed by atoms with Crippen LogP contribution in [0.1, 0.15) is 28.4 Å². The lowest BCUT2D eigenvalue weighted by molar-refractivity contribution is 0.0921. The molecule has 0 fully saturated rings. The zero-order chi connectivity index (χ0) is 16.5. The molecule has 4 nitrogen and oxygen atoms in total. The van der Waals surface area contributed by atoms with Crippen LogP contribution in [0.25, 0.3) is 0 Å². The van der Waals surface area contributed by atoms with Crippen LogP contribution in [-0.4, -0.2) is 36.4 Å². The Morgan fingerprint density at radius 2 is 2.08 bits per heavy atom. The van der Waals surface area contributed by atoms with Crippen molar-refractivity contribution in [3.05, 3.63) is 59.2 Å². The van der Waals surface area contributed by atoms with Crippen molar-refractivity contribution >= 4 is 11.5 Å². The van der Waals surface area contributed by atoms with Gasteiger partial charge in [0.2, 0.25) is 0 Å². The molecule has 0 bridgehead atoms. The summed E-state index contributed by atoms with van der Waals surface area (Å²) in [6, 6.07) is 14.2. The van der Waals surface area contributed by atoms with E-state index in [4.69, 9.17) is 4.74 Å². The van der Waals surface area contributed by atoms with Crippen LogP contribution in [0.4, 0.5) is 5.69 Å². The molecule has 2 aromatic rings. The Labute approximate surface area is 142 Å². The number of nitrogens with one attached hydrogen (secondary N) is 1. The van der Waals surface area contributed by atoms with Crippen molar-refractivity contribution in [1.82, 2.24) is 4.90 Å². The van der Waals surface area contributed by atoms with Crippen molar-refractivity contribution in [3.63, 3.8) is 0 Å². The molecule has 24 heavy (non-hydrogen) atoms. The number of ether oxygens (including phenoxy) is 1. The van der Waals surface area contributed by atoms with Gasteiger partial charge in [-0.25, -0.2) is 0 Å². The van der Waals surface area contributed by atoms with Crippen LogP contribution >= 0.6 is 0 Å². The molecule has 4 rings (SSSR count). The topological polar surface area (TPSA) is 41.6 Å². The number of fused-ring (bicyclic) bond motifs is 2. The Morgan fingerprint density at radius 1 is 1.25 bits per heavy atom. The second kappa shape index (κ2) is 6.29. The van der Waals surface area contributed by atoms with Crippen molar-refractivity contribution in [2.45, 2.75) is 26.0 Å². The minimum Gasteiger partial charge on any atom is -0.487 e. The minimum absolute atomic E-state index is 0.160. The molecule has 2 aliphatic heterocycles. The molecule has 0 saturated carbocycles. The first kappa shape index (κ1) is 15.2. The van der Waals surface area contributed by atoms with Crippen LogP contribution in [0, 0.1) is 0 Å². The number of ketones is 1. The van der Waals surface area contributed by atoms with Crippen LogP contribution in [0.5, 0.6) is 5.75 Å². The number of hydrogen-bond acceptors (Lipinski definition) is 4. The van der Waals surface area contributed by atoms with Gasteiger partial charge in [-0.05, 0) is 42.7 Å². The number of hydrogen-bond donors (Lipinski definition) is 1.